The fourth-order valence-electron chi connectivity index (χ4n) is 2.76. The molecule has 7 heteroatoms. The molecule has 1 aromatic heterocycles. The number of aliphatic imine (C=N–C) groups is 1. The van der Waals surface area contributed by atoms with E-state index in [1.54, 1.807) is 7.11 Å². The monoisotopic (exact) mass is 355 g/mol. The highest BCUT2D eigenvalue weighted by Gasteiger charge is 2.17. The van der Waals surface area contributed by atoms with Crippen LogP contribution >= 0.6 is 0 Å². The van der Waals surface area contributed by atoms with Gasteiger partial charge in [0, 0.05) is 25.0 Å². The maximum atomic E-state index is 5.95. The highest BCUT2D eigenvalue weighted by atomic mass is 16.5. The van der Waals surface area contributed by atoms with E-state index in [9.17, 15) is 0 Å². The first-order chi connectivity index (χ1) is 12.6. The van der Waals surface area contributed by atoms with Crippen LogP contribution in [0.3, 0.4) is 0 Å². The molecule has 1 saturated heterocycles. The summed E-state index contributed by atoms with van der Waals surface area (Å²) in [6.45, 7) is 5.02. The largest absolute Gasteiger partial charge is 0.497 e. The number of aromatic nitrogens is 1. The maximum absolute atomic E-state index is 5.95. The van der Waals surface area contributed by atoms with Gasteiger partial charge in [-0.2, -0.15) is 0 Å². The van der Waals surface area contributed by atoms with Crippen LogP contribution in [0.1, 0.15) is 12.5 Å². The molecule has 1 aromatic carbocycles. The quantitative estimate of drug-likeness (QED) is 0.632. The Kier molecular flexibility index (Phi) is 5.91. The second kappa shape index (κ2) is 8.53. The molecule has 1 aliphatic rings. The van der Waals surface area contributed by atoms with Crippen molar-refractivity contribution in [3.8, 4) is 5.75 Å². The molecule has 0 spiro atoms. The van der Waals surface area contributed by atoms with Crippen LogP contribution in [0.4, 0.5) is 11.5 Å². The summed E-state index contributed by atoms with van der Waals surface area (Å²) in [5, 5.41) is 3.06. The lowest BCUT2D eigenvalue weighted by molar-refractivity contribution is 0.0529. The Morgan fingerprint density at radius 3 is 2.81 bits per heavy atom. The Balaban J connectivity index is 1.55. The van der Waals surface area contributed by atoms with Crippen LogP contribution in [-0.2, 0) is 11.3 Å². The summed E-state index contributed by atoms with van der Waals surface area (Å²) in [4.78, 5) is 11.1. The zero-order chi connectivity index (χ0) is 18.4. The lowest BCUT2D eigenvalue weighted by Gasteiger charge is -2.32. The van der Waals surface area contributed by atoms with Gasteiger partial charge in [0.25, 0.3) is 0 Å². The molecule has 0 aliphatic carbocycles. The minimum atomic E-state index is 0.235. The molecule has 0 saturated carbocycles. The lowest BCUT2D eigenvalue weighted by Crippen LogP contribution is -2.41. The van der Waals surface area contributed by atoms with Crippen molar-refractivity contribution in [3.63, 3.8) is 0 Å². The van der Waals surface area contributed by atoms with Crippen molar-refractivity contribution in [1.82, 2.24) is 4.98 Å². The summed E-state index contributed by atoms with van der Waals surface area (Å²) in [6.07, 6.45) is 2.08. The topological polar surface area (TPSA) is 85.0 Å². The molecule has 3 rings (SSSR count). The summed E-state index contributed by atoms with van der Waals surface area (Å²) >= 11 is 0. The van der Waals surface area contributed by atoms with Crippen LogP contribution < -0.4 is 20.7 Å². The summed E-state index contributed by atoms with van der Waals surface area (Å²) < 4.78 is 10.7. The SMILES string of the molecule is COc1ccc(NC(N)=NCc2ccc(N3CCOC(C)C3)nc2)cc1. The first-order valence-electron chi connectivity index (χ1n) is 8.66. The van der Waals surface area contributed by atoms with E-state index in [4.69, 9.17) is 15.2 Å². The fraction of sp³-hybridized carbons (Fsp3) is 0.368. The van der Waals surface area contributed by atoms with Gasteiger partial charge in [-0.3, -0.25) is 0 Å². The summed E-state index contributed by atoms with van der Waals surface area (Å²) in [6, 6.07) is 11.6. The number of benzene rings is 1. The fourth-order valence-corrected chi connectivity index (χ4v) is 2.76. The molecular formula is C19H25N5O2. The number of rotatable bonds is 5. The van der Waals surface area contributed by atoms with Gasteiger partial charge in [0.05, 0.1) is 26.4 Å². The van der Waals surface area contributed by atoms with Crippen molar-refractivity contribution in [2.75, 3.05) is 37.0 Å². The molecule has 2 aromatic rings. The molecule has 138 valence electrons. The maximum Gasteiger partial charge on any atom is 0.193 e. The highest BCUT2D eigenvalue weighted by molar-refractivity contribution is 5.92. The van der Waals surface area contributed by atoms with Gasteiger partial charge >= 0.3 is 0 Å². The first kappa shape index (κ1) is 18.0. The van der Waals surface area contributed by atoms with Gasteiger partial charge < -0.3 is 25.4 Å². The van der Waals surface area contributed by atoms with Crippen molar-refractivity contribution in [2.24, 2.45) is 10.7 Å². The van der Waals surface area contributed by atoms with Crippen LogP contribution in [0.5, 0.6) is 5.75 Å². The Morgan fingerprint density at radius 1 is 1.35 bits per heavy atom. The number of anilines is 2. The molecule has 26 heavy (non-hydrogen) atoms. The van der Waals surface area contributed by atoms with E-state index in [1.165, 1.54) is 0 Å². The smallest absolute Gasteiger partial charge is 0.193 e. The van der Waals surface area contributed by atoms with Crippen molar-refractivity contribution in [1.29, 1.82) is 0 Å². The number of nitrogens with zero attached hydrogens (tertiary/aromatic N) is 3. The van der Waals surface area contributed by atoms with E-state index in [-0.39, 0.29) is 6.10 Å². The third-order valence-corrected chi connectivity index (χ3v) is 4.17. The number of nitrogens with one attached hydrogen (secondary N) is 1. The van der Waals surface area contributed by atoms with Gasteiger partial charge in [0.2, 0.25) is 0 Å². The summed E-state index contributed by atoms with van der Waals surface area (Å²) in [5.74, 6) is 2.13. The summed E-state index contributed by atoms with van der Waals surface area (Å²) in [7, 11) is 1.64. The van der Waals surface area contributed by atoms with E-state index in [0.29, 0.717) is 12.5 Å². The third-order valence-electron chi connectivity index (χ3n) is 4.17. The van der Waals surface area contributed by atoms with E-state index < -0.39 is 0 Å². The number of hydrogen-bond donors (Lipinski definition) is 2. The number of morpholine rings is 1. The van der Waals surface area contributed by atoms with Crippen molar-refractivity contribution in [3.05, 3.63) is 48.2 Å². The lowest BCUT2D eigenvalue weighted by atomic mass is 10.2. The number of methoxy groups -OCH3 is 1. The van der Waals surface area contributed by atoms with E-state index in [1.807, 2.05) is 42.6 Å². The van der Waals surface area contributed by atoms with Gasteiger partial charge in [-0.05, 0) is 42.8 Å². The summed E-state index contributed by atoms with van der Waals surface area (Å²) in [5.41, 5.74) is 7.82. The van der Waals surface area contributed by atoms with Crippen LogP contribution in [0.2, 0.25) is 0 Å². The minimum absolute atomic E-state index is 0.235. The Bertz CT molecular complexity index is 731. The highest BCUT2D eigenvalue weighted by Crippen LogP contribution is 2.16. The van der Waals surface area contributed by atoms with Crippen LogP contribution in [0.15, 0.2) is 47.6 Å². The zero-order valence-corrected chi connectivity index (χ0v) is 15.2. The minimum Gasteiger partial charge on any atom is -0.497 e. The molecule has 3 N–H and O–H groups in total. The van der Waals surface area contributed by atoms with E-state index in [2.05, 4.69) is 27.1 Å². The van der Waals surface area contributed by atoms with Crippen LogP contribution in [-0.4, -0.2) is 43.9 Å². The van der Waals surface area contributed by atoms with Gasteiger partial charge in [-0.15, -0.1) is 0 Å². The molecule has 0 bridgehead atoms. The average molecular weight is 355 g/mol. The van der Waals surface area contributed by atoms with E-state index >= 15 is 0 Å². The second-order valence-electron chi connectivity index (χ2n) is 6.21. The predicted octanol–water partition coefficient (Wildman–Crippen LogP) is 2.24. The predicted molar refractivity (Wildman–Crippen MR) is 104 cm³/mol. The van der Waals surface area contributed by atoms with Crippen LogP contribution in [0.25, 0.3) is 0 Å². The second-order valence-corrected chi connectivity index (χ2v) is 6.21. The first-order valence-corrected chi connectivity index (χ1v) is 8.66. The molecule has 1 aliphatic heterocycles. The Hall–Kier alpha value is -2.80. The van der Waals surface area contributed by atoms with Gasteiger partial charge in [0.1, 0.15) is 11.6 Å². The number of hydrogen-bond acceptors (Lipinski definition) is 5. The Labute approximate surface area is 153 Å². The standard InChI is InChI=1S/C19H25N5O2/c1-14-13-24(9-10-26-14)18-8-3-15(11-21-18)12-22-19(20)23-16-4-6-17(25-2)7-5-16/h3-8,11,14H,9-10,12-13H2,1-2H3,(H3,20,22,23). The molecule has 1 unspecified atom stereocenters. The average Bonchev–Trinajstić information content (AvgIpc) is 2.67. The normalized spacial score (nSPS) is 17.8. The molecular weight excluding hydrogens is 330 g/mol. The third kappa shape index (κ3) is 4.86. The molecule has 7 nitrogen and oxygen atoms in total. The molecule has 0 radical (unpaired) electrons. The molecule has 1 fully saturated rings. The number of ether oxygens (including phenoxy) is 2. The zero-order valence-electron chi connectivity index (χ0n) is 15.2. The number of nitrogens with two attached hydrogens (primary N) is 1. The Morgan fingerprint density at radius 2 is 2.15 bits per heavy atom. The van der Waals surface area contributed by atoms with Gasteiger partial charge in [-0.1, -0.05) is 6.07 Å². The molecule has 1 atom stereocenters. The van der Waals surface area contributed by atoms with Gasteiger partial charge in [0.15, 0.2) is 5.96 Å². The van der Waals surface area contributed by atoms with E-state index in [0.717, 1.165) is 42.5 Å². The molecule has 2 heterocycles. The van der Waals surface area contributed by atoms with Gasteiger partial charge in [-0.25, -0.2) is 9.98 Å². The van der Waals surface area contributed by atoms with Crippen LogP contribution in [0, 0.1) is 0 Å². The number of guanidine groups is 1. The molecule has 0 amide bonds. The van der Waals surface area contributed by atoms with Crippen molar-refractivity contribution >= 4 is 17.5 Å². The number of pyridine rings is 1. The van der Waals surface area contributed by atoms with Crippen molar-refractivity contribution < 1.29 is 9.47 Å². The van der Waals surface area contributed by atoms with Crippen molar-refractivity contribution in [2.45, 2.75) is 19.6 Å².